The fourth-order valence-corrected chi connectivity index (χ4v) is 3.75. The van der Waals surface area contributed by atoms with Gasteiger partial charge in [0.2, 0.25) is 0 Å². The van der Waals surface area contributed by atoms with Gasteiger partial charge in [0.1, 0.15) is 5.40 Å². The van der Waals surface area contributed by atoms with Gasteiger partial charge in [-0.2, -0.15) is 5.26 Å². The summed E-state index contributed by atoms with van der Waals surface area (Å²) >= 11 is 1.31. The second-order valence-corrected chi connectivity index (χ2v) is 8.80. The molecule has 0 fully saturated rings. The first-order valence-corrected chi connectivity index (χ1v) is 10.2. The molecule has 0 saturated carbocycles. The molecule has 1 aliphatic carbocycles. The summed E-state index contributed by atoms with van der Waals surface area (Å²) in [4.78, 5) is 0. The van der Waals surface area contributed by atoms with Crippen LogP contribution >= 0.6 is 11.8 Å². The van der Waals surface area contributed by atoms with Crippen molar-refractivity contribution in [1.29, 1.82) is 5.26 Å². The molecule has 138 valence electrons. The quantitative estimate of drug-likeness (QED) is 0.425. The maximum atomic E-state index is 8.26. The Morgan fingerprint density at radius 2 is 1.88 bits per heavy atom. The van der Waals surface area contributed by atoms with Crippen molar-refractivity contribution >= 4 is 17.4 Å². The number of fused-ring (bicyclic) bond motifs is 1. The van der Waals surface area contributed by atoms with E-state index in [0.717, 1.165) is 30.2 Å². The molecule has 2 aromatic carbocycles. The highest BCUT2D eigenvalue weighted by molar-refractivity contribution is 8.03. The van der Waals surface area contributed by atoms with E-state index >= 15 is 0 Å². The summed E-state index contributed by atoms with van der Waals surface area (Å²) in [5, 5.41) is 10.3. The molecule has 1 atom stereocenters. The average Bonchev–Trinajstić information content (AvgIpc) is 2.60. The van der Waals surface area contributed by atoms with Gasteiger partial charge in [-0.3, -0.25) is 0 Å². The van der Waals surface area contributed by atoms with Gasteiger partial charge in [0.05, 0.1) is 0 Å². The smallest absolute Gasteiger partial charge is 0.133 e. The third-order valence-electron chi connectivity index (χ3n) is 5.49. The lowest BCUT2D eigenvalue weighted by Gasteiger charge is -2.38. The number of nitrogen functional groups attached to an aromatic ring is 1. The summed E-state index contributed by atoms with van der Waals surface area (Å²) in [6.45, 7) is 9.17. The van der Waals surface area contributed by atoms with Crippen molar-refractivity contribution in [3.8, 4) is 5.40 Å². The predicted molar refractivity (Wildman–Crippen MR) is 114 cm³/mol. The summed E-state index contributed by atoms with van der Waals surface area (Å²) in [6.07, 6.45) is 3.34. The highest BCUT2D eigenvalue weighted by atomic mass is 32.2. The van der Waals surface area contributed by atoms with E-state index < -0.39 is 0 Å². The molecular formula is C23H30N2S. The molecule has 26 heavy (non-hydrogen) atoms. The highest BCUT2D eigenvalue weighted by Gasteiger charge is 2.32. The molecule has 0 saturated heterocycles. The summed E-state index contributed by atoms with van der Waals surface area (Å²) in [5.41, 5.74) is 12.8. The van der Waals surface area contributed by atoms with Crippen LogP contribution in [0.3, 0.4) is 0 Å². The molecule has 2 nitrogen and oxygen atoms in total. The first-order valence-electron chi connectivity index (χ1n) is 9.26. The van der Waals surface area contributed by atoms with E-state index in [9.17, 15) is 0 Å². The number of benzene rings is 2. The van der Waals surface area contributed by atoms with E-state index in [1.54, 1.807) is 0 Å². The molecule has 1 unspecified atom stereocenters. The second-order valence-electron chi connectivity index (χ2n) is 7.92. The van der Waals surface area contributed by atoms with E-state index in [1.807, 2.05) is 18.2 Å². The lowest BCUT2D eigenvalue weighted by molar-refractivity contribution is 0.212. The van der Waals surface area contributed by atoms with Crippen LogP contribution in [0.1, 0.15) is 43.0 Å². The van der Waals surface area contributed by atoms with Crippen LogP contribution in [0.5, 0.6) is 0 Å². The lowest BCUT2D eigenvalue weighted by Crippen LogP contribution is -2.31. The van der Waals surface area contributed by atoms with Crippen LogP contribution in [0.15, 0.2) is 42.5 Å². The van der Waals surface area contributed by atoms with Gasteiger partial charge in [0, 0.05) is 11.4 Å². The molecule has 0 aromatic heterocycles. The largest absolute Gasteiger partial charge is 0.399 e. The maximum Gasteiger partial charge on any atom is 0.133 e. The van der Waals surface area contributed by atoms with Gasteiger partial charge in [-0.05, 0) is 77.6 Å². The zero-order valence-electron chi connectivity index (χ0n) is 16.4. The monoisotopic (exact) mass is 366 g/mol. The molecule has 3 heteroatoms. The molecular weight excluding hydrogens is 336 g/mol. The zero-order chi connectivity index (χ0) is 19.2. The van der Waals surface area contributed by atoms with Crippen molar-refractivity contribution in [1.82, 2.24) is 0 Å². The van der Waals surface area contributed by atoms with Crippen LogP contribution in [-0.2, 0) is 19.3 Å². The Balaban J connectivity index is 0.000000197. The van der Waals surface area contributed by atoms with Crippen LogP contribution in [0.4, 0.5) is 5.69 Å². The Morgan fingerprint density at radius 3 is 2.54 bits per heavy atom. The molecule has 0 heterocycles. The SMILES string of the molecule is Cc1cc2c(cc1N)CC(C)(C)C(C)C2.N#CSCCc1ccccc1. The van der Waals surface area contributed by atoms with Crippen LogP contribution in [0, 0.1) is 28.9 Å². The van der Waals surface area contributed by atoms with Crippen molar-refractivity contribution in [3.63, 3.8) is 0 Å². The predicted octanol–water partition coefficient (Wildman–Crippen LogP) is 5.78. The minimum atomic E-state index is 0.411. The number of hydrogen-bond donors (Lipinski definition) is 1. The number of nitrogens with two attached hydrogens (primary N) is 1. The van der Waals surface area contributed by atoms with Crippen molar-refractivity contribution < 1.29 is 0 Å². The van der Waals surface area contributed by atoms with Crippen LogP contribution < -0.4 is 5.73 Å². The van der Waals surface area contributed by atoms with Crippen LogP contribution in [0.25, 0.3) is 0 Å². The summed E-state index contributed by atoms with van der Waals surface area (Å²) in [6, 6.07) is 14.7. The zero-order valence-corrected chi connectivity index (χ0v) is 17.2. The number of rotatable bonds is 3. The van der Waals surface area contributed by atoms with Gasteiger partial charge in [-0.1, -0.05) is 57.2 Å². The third-order valence-corrected chi connectivity index (χ3v) is 6.03. The summed E-state index contributed by atoms with van der Waals surface area (Å²) in [7, 11) is 0. The van der Waals surface area contributed by atoms with Crippen LogP contribution in [-0.4, -0.2) is 5.75 Å². The summed E-state index contributed by atoms with van der Waals surface area (Å²) < 4.78 is 0. The van der Waals surface area contributed by atoms with Crippen molar-refractivity contribution in [2.24, 2.45) is 11.3 Å². The molecule has 0 radical (unpaired) electrons. The number of anilines is 1. The van der Waals surface area contributed by atoms with E-state index in [2.05, 4.69) is 57.4 Å². The van der Waals surface area contributed by atoms with Crippen LogP contribution in [0.2, 0.25) is 0 Å². The minimum Gasteiger partial charge on any atom is -0.399 e. The molecule has 2 N–H and O–H groups in total. The summed E-state index contributed by atoms with van der Waals surface area (Å²) in [5.74, 6) is 1.65. The molecule has 0 spiro atoms. The molecule has 0 aliphatic heterocycles. The number of nitrogens with zero attached hydrogens (tertiary/aromatic N) is 1. The van der Waals surface area contributed by atoms with E-state index in [0.29, 0.717) is 5.41 Å². The third kappa shape index (κ3) is 5.54. The van der Waals surface area contributed by atoms with E-state index in [4.69, 9.17) is 11.0 Å². The van der Waals surface area contributed by atoms with Crippen molar-refractivity contribution in [2.45, 2.75) is 47.0 Å². The number of hydrogen-bond acceptors (Lipinski definition) is 3. The Hall–Kier alpha value is -1.92. The molecule has 0 bridgehead atoms. The Kier molecular flexibility index (Phi) is 7.17. The number of nitriles is 1. The van der Waals surface area contributed by atoms with E-state index in [1.165, 1.54) is 40.4 Å². The Bertz CT molecular complexity index is 760. The standard InChI is InChI=1S/C14H21N.C9H9NS/c1-9-5-11-6-10(2)14(3,4)8-12(11)7-13(9)15;10-8-11-7-6-9-4-2-1-3-5-9/h5,7,10H,6,8,15H2,1-4H3;1-5H,6-7H2. The van der Waals surface area contributed by atoms with E-state index in [-0.39, 0.29) is 0 Å². The highest BCUT2D eigenvalue weighted by Crippen LogP contribution is 2.40. The van der Waals surface area contributed by atoms with Gasteiger partial charge in [0.15, 0.2) is 0 Å². The topological polar surface area (TPSA) is 49.8 Å². The van der Waals surface area contributed by atoms with Gasteiger partial charge >= 0.3 is 0 Å². The van der Waals surface area contributed by atoms with Crippen molar-refractivity contribution in [2.75, 3.05) is 11.5 Å². The maximum absolute atomic E-state index is 8.26. The average molecular weight is 367 g/mol. The second kappa shape index (κ2) is 9.14. The van der Waals surface area contributed by atoms with Gasteiger partial charge < -0.3 is 5.73 Å². The van der Waals surface area contributed by atoms with Gasteiger partial charge in [0.25, 0.3) is 0 Å². The minimum absolute atomic E-state index is 0.411. The lowest BCUT2D eigenvalue weighted by atomic mass is 9.67. The number of thioether (sulfide) groups is 1. The number of aryl methyl sites for hydroxylation is 2. The molecule has 3 rings (SSSR count). The molecule has 1 aliphatic rings. The van der Waals surface area contributed by atoms with Gasteiger partial charge in [-0.25, -0.2) is 0 Å². The molecule has 2 aromatic rings. The normalized spacial score (nSPS) is 17.4. The molecule has 0 amide bonds. The van der Waals surface area contributed by atoms with Gasteiger partial charge in [-0.15, -0.1) is 0 Å². The first kappa shape index (κ1) is 20.4. The fraction of sp³-hybridized carbons (Fsp3) is 0.435. The Morgan fingerprint density at radius 1 is 1.19 bits per heavy atom. The first-order chi connectivity index (χ1) is 12.3. The fourth-order valence-electron chi connectivity index (χ4n) is 3.32. The van der Waals surface area contributed by atoms with Crippen molar-refractivity contribution in [3.05, 3.63) is 64.7 Å². The number of thiocyanates is 1. The Labute approximate surface area is 162 Å².